The largest absolute Gasteiger partial charge is 0.416 e. The molecule has 0 radical (unpaired) electrons. The molecule has 0 atom stereocenters. The number of rotatable bonds is 6. The standard InChI is InChI=1S/C31H24N4O/c1-2-8-28-29(33-27-12-7-6-11-26(27)32-28)23-17-13-21(14-18-23)22-15-19-25(20-16-22)31-35-34-30(36-31)24-9-4-3-5-10-24/h3-7,9-20H,2,8H2,1H3. The highest BCUT2D eigenvalue weighted by atomic mass is 16.4. The van der Waals surface area contributed by atoms with Gasteiger partial charge in [-0.05, 0) is 53.9 Å². The Morgan fingerprint density at radius 1 is 0.528 bits per heavy atom. The summed E-state index contributed by atoms with van der Waals surface area (Å²) < 4.78 is 5.89. The van der Waals surface area contributed by atoms with E-state index >= 15 is 0 Å². The van der Waals surface area contributed by atoms with Gasteiger partial charge in [0.05, 0.1) is 22.4 Å². The topological polar surface area (TPSA) is 64.7 Å². The van der Waals surface area contributed by atoms with E-state index in [-0.39, 0.29) is 0 Å². The third-order valence-corrected chi connectivity index (χ3v) is 6.20. The average molecular weight is 469 g/mol. The molecule has 5 nitrogen and oxygen atoms in total. The Morgan fingerprint density at radius 2 is 1.03 bits per heavy atom. The van der Waals surface area contributed by atoms with E-state index in [1.165, 1.54) is 0 Å². The van der Waals surface area contributed by atoms with Gasteiger partial charge in [0, 0.05) is 16.7 Å². The molecule has 4 aromatic carbocycles. The molecular weight excluding hydrogens is 444 g/mol. The molecule has 0 N–H and O–H groups in total. The third-order valence-electron chi connectivity index (χ3n) is 6.20. The summed E-state index contributed by atoms with van der Waals surface area (Å²) in [4.78, 5) is 9.85. The van der Waals surface area contributed by atoms with E-state index < -0.39 is 0 Å². The zero-order chi connectivity index (χ0) is 24.3. The minimum absolute atomic E-state index is 0.508. The molecule has 6 aromatic rings. The first kappa shape index (κ1) is 21.9. The lowest BCUT2D eigenvalue weighted by molar-refractivity contribution is 0.584. The quantitative estimate of drug-likeness (QED) is 0.251. The maximum absolute atomic E-state index is 5.89. The van der Waals surface area contributed by atoms with Crippen LogP contribution in [0.5, 0.6) is 0 Å². The second kappa shape index (κ2) is 9.55. The van der Waals surface area contributed by atoms with Gasteiger partial charge in [0.2, 0.25) is 11.8 Å². The molecule has 36 heavy (non-hydrogen) atoms. The highest BCUT2D eigenvalue weighted by Crippen LogP contribution is 2.29. The summed E-state index contributed by atoms with van der Waals surface area (Å²) in [5, 5.41) is 8.42. The zero-order valence-electron chi connectivity index (χ0n) is 19.9. The van der Waals surface area contributed by atoms with Crippen molar-refractivity contribution in [3.63, 3.8) is 0 Å². The summed E-state index contributed by atoms with van der Waals surface area (Å²) in [6, 6.07) is 34.6. The number of benzene rings is 4. The molecule has 0 fully saturated rings. The fraction of sp³-hybridized carbons (Fsp3) is 0.0968. The van der Waals surface area contributed by atoms with Crippen LogP contribution in [0, 0.1) is 0 Å². The Morgan fingerprint density at radius 3 is 1.64 bits per heavy atom. The second-order valence-electron chi connectivity index (χ2n) is 8.69. The molecule has 0 amide bonds. The number of aryl methyl sites for hydroxylation is 1. The molecule has 174 valence electrons. The van der Waals surface area contributed by atoms with Gasteiger partial charge in [-0.15, -0.1) is 10.2 Å². The van der Waals surface area contributed by atoms with Crippen molar-refractivity contribution in [3.05, 3.63) is 109 Å². The maximum atomic E-state index is 5.89. The smallest absolute Gasteiger partial charge is 0.248 e. The average Bonchev–Trinajstić information content (AvgIpc) is 3.44. The second-order valence-corrected chi connectivity index (χ2v) is 8.69. The Kier molecular flexibility index (Phi) is 5.80. The van der Waals surface area contributed by atoms with Crippen molar-refractivity contribution in [1.82, 2.24) is 20.2 Å². The SMILES string of the molecule is CCCc1nc2ccccc2nc1-c1ccc(-c2ccc(-c3nnc(-c4ccccc4)o3)cc2)cc1. The predicted octanol–water partition coefficient (Wildman–Crippen LogP) is 7.63. The minimum Gasteiger partial charge on any atom is -0.416 e. The number of para-hydroxylation sites is 2. The highest BCUT2D eigenvalue weighted by Gasteiger charge is 2.12. The molecule has 0 aliphatic carbocycles. The summed E-state index contributed by atoms with van der Waals surface area (Å²) >= 11 is 0. The molecule has 0 unspecified atom stereocenters. The van der Waals surface area contributed by atoms with E-state index in [1.54, 1.807) is 0 Å². The van der Waals surface area contributed by atoms with E-state index in [4.69, 9.17) is 14.4 Å². The van der Waals surface area contributed by atoms with Gasteiger partial charge in [0.1, 0.15) is 0 Å². The van der Waals surface area contributed by atoms with Crippen LogP contribution in [0.2, 0.25) is 0 Å². The molecule has 2 aromatic heterocycles. The Balaban J connectivity index is 1.26. The molecule has 0 bridgehead atoms. The van der Waals surface area contributed by atoms with Crippen LogP contribution in [0.4, 0.5) is 0 Å². The van der Waals surface area contributed by atoms with Crippen molar-refractivity contribution in [3.8, 4) is 45.3 Å². The number of hydrogen-bond donors (Lipinski definition) is 0. The molecule has 2 heterocycles. The number of fused-ring (bicyclic) bond motifs is 1. The molecule has 5 heteroatoms. The van der Waals surface area contributed by atoms with Crippen LogP contribution in [0.15, 0.2) is 108 Å². The molecule has 0 aliphatic heterocycles. The molecule has 0 spiro atoms. The number of aromatic nitrogens is 4. The monoisotopic (exact) mass is 468 g/mol. The van der Waals surface area contributed by atoms with Crippen LogP contribution in [0.3, 0.4) is 0 Å². The van der Waals surface area contributed by atoms with E-state index in [2.05, 4.69) is 53.5 Å². The van der Waals surface area contributed by atoms with Gasteiger partial charge in [-0.2, -0.15) is 0 Å². The lowest BCUT2D eigenvalue weighted by Gasteiger charge is -2.10. The summed E-state index contributed by atoms with van der Waals surface area (Å²) in [7, 11) is 0. The summed E-state index contributed by atoms with van der Waals surface area (Å²) in [6.45, 7) is 2.17. The van der Waals surface area contributed by atoms with Gasteiger partial charge in [-0.25, -0.2) is 9.97 Å². The maximum Gasteiger partial charge on any atom is 0.248 e. The van der Waals surface area contributed by atoms with Crippen LogP contribution < -0.4 is 0 Å². The lowest BCUT2D eigenvalue weighted by atomic mass is 10.00. The predicted molar refractivity (Wildman–Crippen MR) is 143 cm³/mol. The molecular formula is C31H24N4O. The van der Waals surface area contributed by atoms with Gasteiger partial charge in [-0.1, -0.05) is 80.1 Å². The first-order valence-electron chi connectivity index (χ1n) is 12.1. The van der Waals surface area contributed by atoms with E-state index in [1.807, 2.05) is 66.7 Å². The Bertz CT molecular complexity index is 1620. The minimum atomic E-state index is 0.508. The van der Waals surface area contributed by atoms with Crippen molar-refractivity contribution in [2.75, 3.05) is 0 Å². The van der Waals surface area contributed by atoms with E-state index in [9.17, 15) is 0 Å². The van der Waals surface area contributed by atoms with Crippen LogP contribution in [-0.2, 0) is 6.42 Å². The summed E-state index contributed by atoms with van der Waals surface area (Å²) in [5.74, 6) is 1.03. The van der Waals surface area contributed by atoms with Crippen LogP contribution in [-0.4, -0.2) is 20.2 Å². The first-order chi connectivity index (χ1) is 17.8. The molecule has 6 rings (SSSR count). The van der Waals surface area contributed by atoms with E-state index in [0.717, 1.165) is 63.1 Å². The van der Waals surface area contributed by atoms with Gasteiger partial charge in [0.25, 0.3) is 0 Å². The van der Waals surface area contributed by atoms with Crippen molar-refractivity contribution in [2.24, 2.45) is 0 Å². The van der Waals surface area contributed by atoms with Crippen LogP contribution >= 0.6 is 0 Å². The van der Waals surface area contributed by atoms with Gasteiger partial charge >= 0.3 is 0 Å². The van der Waals surface area contributed by atoms with Crippen LogP contribution in [0.1, 0.15) is 19.0 Å². The first-order valence-corrected chi connectivity index (χ1v) is 12.1. The third kappa shape index (κ3) is 4.27. The molecule has 0 saturated carbocycles. The van der Waals surface area contributed by atoms with E-state index in [0.29, 0.717) is 11.8 Å². The van der Waals surface area contributed by atoms with Crippen molar-refractivity contribution < 1.29 is 4.42 Å². The van der Waals surface area contributed by atoms with Gasteiger partial charge in [-0.3, -0.25) is 0 Å². The number of hydrogen-bond acceptors (Lipinski definition) is 5. The van der Waals surface area contributed by atoms with Crippen molar-refractivity contribution >= 4 is 11.0 Å². The fourth-order valence-corrected chi connectivity index (χ4v) is 4.34. The molecule has 0 aliphatic rings. The Labute approximate surface area is 209 Å². The van der Waals surface area contributed by atoms with Crippen LogP contribution in [0.25, 0.3) is 56.3 Å². The number of nitrogens with zero attached hydrogens (tertiary/aromatic N) is 4. The zero-order valence-corrected chi connectivity index (χ0v) is 19.9. The fourth-order valence-electron chi connectivity index (χ4n) is 4.34. The summed E-state index contributed by atoms with van der Waals surface area (Å²) in [6.07, 6.45) is 1.93. The summed E-state index contributed by atoms with van der Waals surface area (Å²) in [5.41, 5.74) is 8.99. The normalized spacial score (nSPS) is 11.1. The lowest BCUT2D eigenvalue weighted by Crippen LogP contribution is -1.98. The Hall–Kier alpha value is -4.64. The highest BCUT2D eigenvalue weighted by molar-refractivity contribution is 5.79. The van der Waals surface area contributed by atoms with Gasteiger partial charge in [0.15, 0.2) is 0 Å². The van der Waals surface area contributed by atoms with Crippen molar-refractivity contribution in [2.45, 2.75) is 19.8 Å². The molecule has 0 saturated heterocycles. The van der Waals surface area contributed by atoms with Crippen molar-refractivity contribution in [1.29, 1.82) is 0 Å². The van der Waals surface area contributed by atoms with Gasteiger partial charge < -0.3 is 4.42 Å².